The van der Waals surface area contributed by atoms with E-state index in [2.05, 4.69) is 0 Å². The Morgan fingerprint density at radius 3 is 2.50 bits per heavy atom. The molecule has 0 saturated carbocycles. The van der Waals surface area contributed by atoms with E-state index in [-0.39, 0.29) is 24.2 Å². The lowest BCUT2D eigenvalue weighted by molar-refractivity contribution is -0.143. The van der Waals surface area contributed by atoms with Crippen LogP contribution >= 0.6 is 0 Å². The number of carbonyl (C=O) groups excluding carboxylic acids is 1. The van der Waals surface area contributed by atoms with E-state index in [1.807, 2.05) is 0 Å². The van der Waals surface area contributed by atoms with Crippen LogP contribution in [0.3, 0.4) is 0 Å². The molecule has 1 atom stereocenters. The van der Waals surface area contributed by atoms with Crippen LogP contribution < -0.4 is 4.90 Å². The molecule has 0 bridgehead atoms. The third-order valence-corrected chi connectivity index (χ3v) is 3.69. The standard InChI is InChI=1S/C14H14F3NO4/c1-8(19)18-5-4-13(22,7-12(20)21)10-3-2-9(6-11(10)18)14(15,16)17/h2-3,6,22H,4-5,7H2,1H3,(H,20,21). The predicted molar refractivity (Wildman–Crippen MR) is 70.2 cm³/mol. The highest BCUT2D eigenvalue weighted by molar-refractivity contribution is 5.93. The van der Waals surface area contributed by atoms with Gasteiger partial charge in [0.2, 0.25) is 5.91 Å². The van der Waals surface area contributed by atoms with Gasteiger partial charge in [0.05, 0.1) is 17.7 Å². The van der Waals surface area contributed by atoms with E-state index in [0.717, 1.165) is 23.1 Å². The molecule has 1 aliphatic rings. The van der Waals surface area contributed by atoms with Crippen molar-refractivity contribution in [2.45, 2.75) is 31.5 Å². The van der Waals surface area contributed by atoms with Crippen molar-refractivity contribution in [3.63, 3.8) is 0 Å². The number of carbonyl (C=O) groups is 2. The largest absolute Gasteiger partial charge is 0.481 e. The minimum atomic E-state index is -4.60. The molecule has 120 valence electrons. The average Bonchev–Trinajstić information content (AvgIpc) is 2.36. The van der Waals surface area contributed by atoms with E-state index in [4.69, 9.17) is 5.11 Å². The predicted octanol–water partition coefficient (Wildman–Crippen LogP) is 2.12. The van der Waals surface area contributed by atoms with Crippen molar-refractivity contribution >= 4 is 17.6 Å². The van der Waals surface area contributed by atoms with Gasteiger partial charge in [0.25, 0.3) is 0 Å². The van der Waals surface area contributed by atoms with Crippen molar-refractivity contribution in [3.8, 4) is 0 Å². The Labute approximate surface area is 124 Å². The zero-order valence-corrected chi connectivity index (χ0v) is 11.6. The van der Waals surface area contributed by atoms with E-state index in [1.54, 1.807) is 0 Å². The second kappa shape index (κ2) is 5.28. The maximum absolute atomic E-state index is 12.8. The molecule has 0 saturated heterocycles. The number of alkyl halides is 3. The molecule has 1 amide bonds. The van der Waals surface area contributed by atoms with Gasteiger partial charge in [-0.15, -0.1) is 0 Å². The summed E-state index contributed by atoms with van der Waals surface area (Å²) in [5, 5.41) is 19.4. The molecule has 0 radical (unpaired) electrons. The van der Waals surface area contributed by atoms with Crippen LogP contribution in [0.25, 0.3) is 0 Å². The molecule has 1 unspecified atom stereocenters. The summed E-state index contributed by atoms with van der Waals surface area (Å²) >= 11 is 0. The van der Waals surface area contributed by atoms with Gasteiger partial charge in [-0.3, -0.25) is 9.59 Å². The van der Waals surface area contributed by atoms with Gasteiger partial charge in [-0.25, -0.2) is 0 Å². The van der Waals surface area contributed by atoms with E-state index >= 15 is 0 Å². The van der Waals surface area contributed by atoms with Crippen molar-refractivity contribution in [1.29, 1.82) is 0 Å². The number of fused-ring (bicyclic) bond motifs is 1. The molecule has 1 heterocycles. The summed E-state index contributed by atoms with van der Waals surface area (Å²) in [4.78, 5) is 23.6. The highest BCUT2D eigenvalue weighted by Crippen LogP contribution is 2.43. The molecule has 1 aromatic rings. The number of nitrogens with zero attached hydrogens (tertiary/aromatic N) is 1. The third kappa shape index (κ3) is 2.92. The topological polar surface area (TPSA) is 77.8 Å². The second-order valence-corrected chi connectivity index (χ2v) is 5.25. The molecule has 5 nitrogen and oxygen atoms in total. The fraction of sp³-hybridized carbons (Fsp3) is 0.429. The number of halogens is 3. The first-order valence-corrected chi connectivity index (χ1v) is 6.48. The van der Waals surface area contributed by atoms with Gasteiger partial charge in [-0.2, -0.15) is 13.2 Å². The van der Waals surface area contributed by atoms with Gasteiger partial charge in [-0.05, 0) is 18.6 Å². The molecule has 2 rings (SSSR count). The van der Waals surface area contributed by atoms with Crippen LogP contribution in [0.5, 0.6) is 0 Å². The lowest BCUT2D eigenvalue weighted by atomic mass is 9.82. The molecule has 0 aliphatic carbocycles. The molecular formula is C14H14F3NO4. The summed E-state index contributed by atoms with van der Waals surface area (Å²) in [6, 6.07) is 2.58. The van der Waals surface area contributed by atoms with Gasteiger partial charge in [0.15, 0.2) is 0 Å². The Kier molecular flexibility index (Phi) is 3.90. The molecule has 0 spiro atoms. The number of carboxylic acid groups (broad SMARTS) is 1. The fourth-order valence-corrected chi connectivity index (χ4v) is 2.64. The van der Waals surface area contributed by atoms with Crippen LogP contribution in [-0.2, 0) is 21.4 Å². The molecule has 1 aliphatic heterocycles. The number of aliphatic hydroxyl groups is 1. The maximum atomic E-state index is 12.8. The number of anilines is 1. The van der Waals surface area contributed by atoms with Crippen LogP contribution in [0, 0.1) is 0 Å². The summed E-state index contributed by atoms with van der Waals surface area (Å²) in [6.07, 6.45) is -5.30. The summed E-state index contributed by atoms with van der Waals surface area (Å²) in [5.41, 5.74) is -2.84. The molecule has 0 fully saturated rings. The SMILES string of the molecule is CC(=O)N1CCC(O)(CC(=O)O)c2ccc(C(F)(F)F)cc21. The number of rotatable bonds is 2. The number of hydrogen-bond acceptors (Lipinski definition) is 3. The monoisotopic (exact) mass is 317 g/mol. The van der Waals surface area contributed by atoms with Crippen molar-refractivity contribution in [3.05, 3.63) is 29.3 Å². The first-order chi connectivity index (χ1) is 10.0. The summed E-state index contributed by atoms with van der Waals surface area (Å²) in [7, 11) is 0. The van der Waals surface area contributed by atoms with E-state index < -0.39 is 35.6 Å². The van der Waals surface area contributed by atoms with Gasteiger partial charge >= 0.3 is 12.1 Å². The average molecular weight is 317 g/mol. The Bertz CT molecular complexity index is 629. The van der Waals surface area contributed by atoms with Crippen LogP contribution in [0.4, 0.5) is 18.9 Å². The number of amides is 1. The fourth-order valence-electron chi connectivity index (χ4n) is 2.64. The molecular weight excluding hydrogens is 303 g/mol. The third-order valence-electron chi connectivity index (χ3n) is 3.69. The lowest BCUT2D eigenvalue weighted by Crippen LogP contribution is -2.43. The molecule has 8 heteroatoms. The molecule has 0 aromatic heterocycles. The Morgan fingerprint density at radius 1 is 1.36 bits per heavy atom. The highest BCUT2D eigenvalue weighted by atomic mass is 19.4. The number of hydrogen-bond donors (Lipinski definition) is 2. The van der Waals surface area contributed by atoms with Gasteiger partial charge in [0, 0.05) is 19.0 Å². The first-order valence-electron chi connectivity index (χ1n) is 6.48. The van der Waals surface area contributed by atoms with Gasteiger partial charge in [-0.1, -0.05) is 6.07 Å². The Balaban J connectivity index is 2.60. The Morgan fingerprint density at radius 2 is 2.00 bits per heavy atom. The van der Waals surface area contributed by atoms with Crippen LogP contribution in [-0.4, -0.2) is 28.6 Å². The zero-order chi connectivity index (χ0) is 16.7. The second-order valence-electron chi connectivity index (χ2n) is 5.25. The minimum Gasteiger partial charge on any atom is -0.481 e. The van der Waals surface area contributed by atoms with Gasteiger partial charge in [0.1, 0.15) is 5.60 Å². The zero-order valence-electron chi connectivity index (χ0n) is 11.6. The van der Waals surface area contributed by atoms with Gasteiger partial charge < -0.3 is 15.1 Å². The van der Waals surface area contributed by atoms with E-state index in [9.17, 15) is 27.9 Å². The van der Waals surface area contributed by atoms with E-state index in [1.165, 1.54) is 6.92 Å². The smallest absolute Gasteiger partial charge is 0.416 e. The summed E-state index contributed by atoms with van der Waals surface area (Å²) in [5.74, 6) is -1.75. The molecule has 2 N–H and O–H groups in total. The normalized spacial score (nSPS) is 21.4. The molecule has 1 aromatic carbocycles. The van der Waals surface area contributed by atoms with Crippen LogP contribution in [0.1, 0.15) is 30.9 Å². The molecule has 22 heavy (non-hydrogen) atoms. The minimum absolute atomic E-state index is 0.0179. The van der Waals surface area contributed by atoms with Crippen molar-refractivity contribution in [2.75, 3.05) is 11.4 Å². The summed E-state index contributed by atoms with van der Waals surface area (Å²) in [6.45, 7) is 1.15. The Hall–Kier alpha value is -2.09. The summed E-state index contributed by atoms with van der Waals surface area (Å²) < 4.78 is 38.5. The van der Waals surface area contributed by atoms with Crippen molar-refractivity contribution in [2.24, 2.45) is 0 Å². The van der Waals surface area contributed by atoms with E-state index in [0.29, 0.717) is 0 Å². The first kappa shape index (κ1) is 16.3. The highest BCUT2D eigenvalue weighted by Gasteiger charge is 2.42. The van der Waals surface area contributed by atoms with Crippen molar-refractivity contribution in [1.82, 2.24) is 0 Å². The quantitative estimate of drug-likeness (QED) is 0.876. The van der Waals surface area contributed by atoms with Crippen LogP contribution in [0.15, 0.2) is 18.2 Å². The maximum Gasteiger partial charge on any atom is 0.416 e. The number of aliphatic carboxylic acids is 1. The lowest BCUT2D eigenvalue weighted by Gasteiger charge is -2.39. The number of carboxylic acids is 1. The van der Waals surface area contributed by atoms with Crippen LogP contribution in [0.2, 0.25) is 0 Å². The van der Waals surface area contributed by atoms with Crippen molar-refractivity contribution < 1.29 is 33.0 Å². The number of benzene rings is 1.